The zero-order valence-corrected chi connectivity index (χ0v) is 10.3. The van der Waals surface area contributed by atoms with Gasteiger partial charge in [0.15, 0.2) is 0 Å². The highest BCUT2D eigenvalue weighted by molar-refractivity contribution is 7.89. The lowest BCUT2D eigenvalue weighted by atomic mass is 10.3. The van der Waals surface area contributed by atoms with Crippen LogP contribution in [-0.4, -0.2) is 39.2 Å². The summed E-state index contributed by atoms with van der Waals surface area (Å²) < 4.78 is 30.5. The van der Waals surface area contributed by atoms with Gasteiger partial charge < -0.3 is 15.6 Å². The van der Waals surface area contributed by atoms with E-state index in [4.69, 9.17) is 15.6 Å². The molecule has 7 nitrogen and oxygen atoms in total. The van der Waals surface area contributed by atoms with Gasteiger partial charge in [-0.15, -0.1) is 0 Å². The fraction of sp³-hybridized carbons (Fsp3) is 0.300. The second-order valence-corrected chi connectivity index (χ2v) is 5.18. The molecule has 0 saturated heterocycles. The molecule has 0 aliphatic heterocycles. The van der Waals surface area contributed by atoms with E-state index in [9.17, 15) is 13.2 Å². The number of carbonyl (C=O) groups excluding carboxylic acids is 1. The molecule has 0 saturated carbocycles. The standard InChI is InChI=1S/C10H14N2O5S/c11-10(14)7-17-6-5-12-18(15,16)9-3-1-8(13)2-4-9/h1-4,12-13H,5-7H2,(H2,11,14). The molecule has 0 aliphatic rings. The smallest absolute Gasteiger partial charge is 0.243 e. The summed E-state index contributed by atoms with van der Waals surface area (Å²) in [5.41, 5.74) is 4.84. The molecule has 0 bridgehead atoms. The van der Waals surface area contributed by atoms with Crippen LogP contribution in [0.25, 0.3) is 0 Å². The minimum Gasteiger partial charge on any atom is -0.508 e. The molecule has 18 heavy (non-hydrogen) atoms. The molecule has 0 fully saturated rings. The molecule has 100 valence electrons. The fourth-order valence-electron chi connectivity index (χ4n) is 1.13. The van der Waals surface area contributed by atoms with Crippen LogP contribution in [0, 0.1) is 0 Å². The van der Waals surface area contributed by atoms with E-state index in [1.807, 2.05) is 0 Å². The third kappa shape index (κ3) is 4.70. The van der Waals surface area contributed by atoms with Gasteiger partial charge in [0.25, 0.3) is 0 Å². The van der Waals surface area contributed by atoms with Crippen molar-refractivity contribution in [3.05, 3.63) is 24.3 Å². The normalized spacial score (nSPS) is 11.3. The summed E-state index contributed by atoms with van der Waals surface area (Å²) in [7, 11) is -3.64. The van der Waals surface area contributed by atoms with Gasteiger partial charge in [-0.3, -0.25) is 4.79 Å². The van der Waals surface area contributed by atoms with Crippen molar-refractivity contribution in [2.45, 2.75) is 4.90 Å². The van der Waals surface area contributed by atoms with Crippen LogP contribution < -0.4 is 10.5 Å². The van der Waals surface area contributed by atoms with Crippen LogP contribution in [0.15, 0.2) is 29.2 Å². The van der Waals surface area contributed by atoms with E-state index in [1.54, 1.807) is 0 Å². The Morgan fingerprint density at radius 2 is 1.94 bits per heavy atom. The highest BCUT2D eigenvalue weighted by atomic mass is 32.2. The Balaban J connectivity index is 2.45. The first-order valence-electron chi connectivity index (χ1n) is 5.06. The van der Waals surface area contributed by atoms with Gasteiger partial charge in [-0.25, -0.2) is 13.1 Å². The number of nitrogens with one attached hydrogen (secondary N) is 1. The van der Waals surface area contributed by atoms with E-state index in [-0.39, 0.29) is 30.4 Å². The van der Waals surface area contributed by atoms with E-state index in [1.165, 1.54) is 24.3 Å². The summed E-state index contributed by atoms with van der Waals surface area (Å²) in [6, 6.07) is 5.11. The second kappa shape index (κ2) is 6.34. The molecule has 1 rings (SSSR count). The van der Waals surface area contributed by atoms with Crippen molar-refractivity contribution < 1.29 is 23.1 Å². The molecule has 1 aromatic rings. The zero-order valence-electron chi connectivity index (χ0n) is 9.50. The third-order valence-corrected chi connectivity index (χ3v) is 3.41. The number of amides is 1. The van der Waals surface area contributed by atoms with Gasteiger partial charge in [-0.05, 0) is 24.3 Å². The molecule has 0 heterocycles. The number of primary amides is 1. The predicted molar refractivity (Wildman–Crippen MR) is 63.3 cm³/mol. The number of nitrogens with two attached hydrogens (primary N) is 1. The van der Waals surface area contributed by atoms with Gasteiger partial charge in [0.1, 0.15) is 12.4 Å². The van der Waals surface area contributed by atoms with E-state index in [0.717, 1.165) is 0 Å². The molecule has 1 amide bonds. The zero-order chi connectivity index (χ0) is 13.6. The highest BCUT2D eigenvalue weighted by Gasteiger charge is 2.12. The predicted octanol–water partition coefficient (Wildman–Crippen LogP) is -0.828. The first kappa shape index (κ1) is 14.4. The number of aromatic hydroxyl groups is 1. The molecule has 1 aromatic carbocycles. The monoisotopic (exact) mass is 274 g/mol. The summed E-state index contributed by atoms with van der Waals surface area (Å²) in [5.74, 6) is -0.630. The van der Waals surface area contributed by atoms with Crippen LogP contribution in [0.5, 0.6) is 5.75 Å². The number of sulfonamides is 1. The van der Waals surface area contributed by atoms with Gasteiger partial charge in [-0.2, -0.15) is 0 Å². The minimum absolute atomic E-state index is 0.0151. The number of ether oxygens (including phenoxy) is 1. The maximum atomic E-state index is 11.7. The number of phenols is 1. The van der Waals surface area contributed by atoms with Crippen LogP contribution in [0.3, 0.4) is 0 Å². The van der Waals surface area contributed by atoms with Crippen LogP contribution in [0.1, 0.15) is 0 Å². The largest absolute Gasteiger partial charge is 0.508 e. The van der Waals surface area contributed by atoms with Crippen LogP contribution in [-0.2, 0) is 19.6 Å². The number of hydrogen-bond acceptors (Lipinski definition) is 5. The third-order valence-electron chi connectivity index (χ3n) is 1.93. The Labute approximate surface area is 105 Å². The number of hydrogen-bond donors (Lipinski definition) is 3. The van der Waals surface area contributed by atoms with Crippen molar-refractivity contribution in [2.75, 3.05) is 19.8 Å². The highest BCUT2D eigenvalue weighted by Crippen LogP contribution is 2.13. The molecule has 4 N–H and O–H groups in total. The Bertz CT molecular complexity index is 498. The number of phenolic OH excluding ortho intramolecular Hbond substituents is 1. The summed E-state index contributed by atoms with van der Waals surface area (Å²) in [5, 5.41) is 9.04. The summed E-state index contributed by atoms with van der Waals surface area (Å²) in [6.45, 7) is -0.183. The van der Waals surface area contributed by atoms with Crippen molar-refractivity contribution in [2.24, 2.45) is 5.73 Å². The number of rotatable bonds is 7. The van der Waals surface area contributed by atoms with Gasteiger partial charge in [0.2, 0.25) is 15.9 Å². The van der Waals surface area contributed by atoms with Crippen molar-refractivity contribution in [1.29, 1.82) is 0 Å². The Hall–Kier alpha value is -1.64. The molecule has 0 atom stereocenters. The average molecular weight is 274 g/mol. The van der Waals surface area contributed by atoms with Gasteiger partial charge in [0.05, 0.1) is 11.5 Å². The quantitative estimate of drug-likeness (QED) is 0.561. The van der Waals surface area contributed by atoms with Crippen molar-refractivity contribution in [1.82, 2.24) is 4.72 Å². The number of carbonyl (C=O) groups is 1. The van der Waals surface area contributed by atoms with Crippen LogP contribution >= 0.6 is 0 Å². The second-order valence-electron chi connectivity index (χ2n) is 3.41. The topological polar surface area (TPSA) is 119 Å². The van der Waals surface area contributed by atoms with Crippen LogP contribution in [0.4, 0.5) is 0 Å². The van der Waals surface area contributed by atoms with Crippen LogP contribution in [0.2, 0.25) is 0 Å². The lowest BCUT2D eigenvalue weighted by molar-refractivity contribution is -0.122. The maximum absolute atomic E-state index is 11.7. The van der Waals surface area contributed by atoms with Crippen molar-refractivity contribution in [3.8, 4) is 5.75 Å². The van der Waals surface area contributed by atoms with E-state index >= 15 is 0 Å². The Morgan fingerprint density at radius 3 is 2.50 bits per heavy atom. The SMILES string of the molecule is NC(=O)COCCNS(=O)(=O)c1ccc(O)cc1. The molecular weight excluding hydrogens is 260 g/mol. The Kier molecular flexibility index (Phi) is 5.08. The van der Waals surface area contributed by atoms with Gasteiger partial charge in [-0.1, -0.05) is 0 Å². The first-order chi connectivity index (χ1) is 8.42. The Morgan fingerprint density at radius 1 is 1.33 bits per heavy atom. The van der Waals surface area contributed by atoms with Crippen molar-refractivity contribution in [3.63, 3.8) is 0 Å². The lowest BCUT2D eigenvalue weighted by Crippen LogP contribution is -2.28. The van der Waals surface area contributed by atoms with E-state index in [0.29, 0.717) is 0 Å². The fourth-order valence-corrected chi connectivity index (χ4v) is 2.14. The van der Waals surface area contributed by atoms with Crippen molar-refractivity contribution >= 4 is 15.9 Å². The van der Waals surface area contributed by atoms with E-state index < -0.39 is 15.9 Å². The molecule has 8 heteroatoms. The molecular formula is C10H14N2O5S. The van der Waals surface area contributed by atoms with Gasteiger partial charge >= 0.3 is 0 Å². The summed E-state index contributed by atoms with van der Waals surface area (Å²) in [4.78, 5) is 10.4. The molecule has 0 radical (unpaired) electrons. The van der Waals surface area contributed by atoms with E-state index in [2.05, 4.69) is 4.72 Å². The molecule has 0 aliphatic carbocycles. The molecule has 0 spiro atoms. The summed E-state index contributed by atoms with van der Waals surface area (Å²) >= 11 is 0. The lowest BCUT2D eigenvalue weighted by Gasteiger charge is -2.06. The molecule has 0 unspecified atom stereocenters. The van der Waals surface area contributed by atoms with Gasteiger partial charge in [0, 0.05) is 6.54 Å². The minimum atomic E-state index is -3.64. The number of benzene rings is 1. The first-order valence-corrected chi connectivity index (χ1v) is 6.55. The maximum Gasteiger partial charge on any atom is 0.243 e. The average Bonchev–Trinajstić information content (AvgIpc) is 2.28. The summed E-state index contributed by atoms with van der Waals surface area (Å²) in [6.07, 6.45) is 0. The molecule has 0 aromatic heterocycles.